The summed E-state index contributed by atoms with van der Waals surface area (Å²) in [6.45, 7) is 1.08. The molecular weight excluding hydrogens is 139 g/mol. The molecule has 0 aliphatic heterocycles. The molecule has 0 aromatic carbocycles. The van der Waals surface area contributed by atoms with Crippen LogP contribution in [-0.4, -0.2) is 11.1 Å². The molecule has 0 radical (unpaired) electrons. The van der Waals surface area contributed by atoms with Crippen molar-refractivity contribution >= 4 is 15.3 Å². The number of carbonyl (C=O) groups is 1. The average Bonchev–Trinajstić information content (AvgIpc) is 1.41. The van der Waals surface area contributed by atoms with E-state index in [-0.39, 0.29) is 0 Å². The van der Waals surface area contributed by atoms with Gasteiger partial charge in [0.15, 0.2) is 0 Å². The van der Waals surface area contributed by atoms with Gasteiger partial charge in [0.25, 0.3) is 5.97 Å². The van der Waals surface area contributed by atoms with E-state index in [4.69, 9.17) is 9.90 Å². The van der Waals surface area contributed by atoms with Gasteiger partial charge in [-0.05, 0) is 0 Å². The Morgan fingerprint density at radius 1 is 1.83 bits per heavy atom. The fourth-order valence-corrected chi connectivity index (χ4v) is 0. The second-order valence-electron chi connectivity index (χ2n) is 0.519. The summed E-state index contributed by atoms with van der Waals surface area (Å²) < 4.78 is 0. The number of halogens is 1. The number of aliphatic carboxylic acids is 1. The standard InChI is InChI=1S/C2H4O2.ClH.Ti/c1-2(3)4;;/h1H3,(H,3,4);1H;/q;;+1/p-1. The van der Waals surface area contributed by atoms with Gasteiger partial charge in [0.2, 0.25) is 0 Å². The van der Waals surface area contributed by atoms with Crippen LogP contribution in [0.15, 0.2) is 0 Å². The van der Waals surface area contributed by atoms with E-state index < -0.39 is 5.97 Å². The minimum absolute atomic E-state index is 0.833. The predicted molar refractivity (Wildman–Crippen MR) is 19.2 cm³/mol. The van der Waals surface area contributed by atoms with Crippen LogP contribution >= 0.6 is 9.30 Å². The quantitative estimate of drug-likeness (QED) is 0.509. The van der Waals surface area contributed by atoms with Crippen molar-refractivity contribution in [2.24, 2.45) is 0 Å². The van der Waals surface area contributed by atoms with Crippen LogP contribution in [0, 0.1) is 0 Å². The molecule has 0 fully saturated rings. The molecule has 0 spiro atoms. The van der Waals surface area contributed by atoms with Gasteiger partial charge in [0.05, 0.1) is 0 Å². The molecule has 6 heavy (non-hydrogen) atoms. The van der Waals surface area contributed by atoms with Gasteiger partial charge in [-0.2, -0.15) is 0 Å². The van der Waals surface area contributed by atoms with Crippen LogP contribution in [0.2, 0.25) is 0 Å². The predicted octanol–water partition coefficient (Wildman–Crippen LogP) is 0.778. The molecule has 2 nitrogen and oxygen atoms in total. The molecule has 0 aromatic heterocycles. The van der Waals surface area contributed by atoms with E-state index in [2.05, 4.69) is 9.30 Å². The molecule has 0 aliphatic carbocycles. The molecule has 0 bridgehead atoms. The van der Waals surface area contributed by atoms with Crippen molar-refractivity contribution in [2.45, 2.75) is 6.92 Å². The summed E-state index contributed by atoms with van der Waals surface area (Å²) in [6, 6.07) is 0. The van der Waals surface area contributed by atoms with Crippen molar-refractivity contribution in [2.75, 3.05) is 0 Å². The normalized spacial score (nSPS) is 4.83. The Morgan fingerprint density at radius 3 is 1.83 bits per heavy atom. The molecule has 0 aliphatic rings. The van der Waals surface area contributed by atoms with E-state index in [1.807, 2.05) is 0 Å². The Kier molecular flexibility index (Phi) is 14.7. The van der Waals surface area contributed by atoms with Gasteiger partial charge in [0.1, 0.15) is 0 Å². The van der Waals surface area contributed by atoms with Crippen LogP contribution in [0.25, 0.3) is 0 Å². The van der Waals surface area contributed by atoms with Gasteiger partial charge < -0.3 is 5.11 Å². The zero-order valence-corrected chi connectivity index (χ0v) is 5.55. The summed E-state index contributed by atoms with van der Waals surface area (Å²) in [7, 11) is 4.64. The first kappa shape index (κ1) is 9.69. The molecule has 0 aromatic rings. The zero-order valence-electron chi connectivity index (χ0n) is 3.23. The maximum atomic E-state index is 9.00. The molecule has 0 amide bonds. The van der Waals surface area contributed by atoms with Crippen LogP contribution in [0.1, 0.15) is 6.92 Å². The van der Waals surface area contributed by atoms with Crippen molar-refractivity contribution in [3.05, 3.63) is 0 Å². The van der Waals surface area contributed by atoms with Crippen LogP contribution in [0.3, 0.4) is 0 Å². The molecule has 0 saturated heterocycles. The molecule has 0 atom stereocenters. The summed E-state index contributed by atoms with van der Waals surface area (Å²) in [5.74, 6) is -0.833. The molecule has 0 saturated carbocycles. The third-order valence-electron chi connectivity index (χ3n) is 0. The van der Waals surface area contributed by atoms with Crippen molar-refractivity contribution in [1.82, 2.24) is 0 Å². The molecule has 4 heteroatoms. The number of rotatable bonds is 0. The van der Waals surface area contributed by atoms with E-state index in [1.54, 1.807) is 0 Å². The van der Waals surface area contributed by atoms with E-state index >= 15 is 0 Å². The average molecular weight is 143 g/mol. The molecule has 0 heterocycles. The number of carboxylic acid groups (broad SMARTS) is 1. The van der Waals surface area contributed by atoms with Crippen LogP contribution < -0.4 is 0 Å². The first-order valence-corrected chi connectivity index (χ1v) is 3.27. The van der Waals surface area contributed by atoms with Crippen LogP contribution in [0.5, 0.6) is 0 Å². The fourth-order valence-electron chi connectivity index (χ4n) is 0. The van der Waals surface area contributed by atoms with Gasteiger partial charge in [-0.3, -0.25) is 4.79 Å². The Balaban J connectivity index is 0. The maximum absolute atomic E-state index is 9.00. The van der Waals surface area contributed by atoms with E-state index in [9.17, 15) is 0 Å². The van der Waals surface area contributed by atoms with Crippen LogP contribution in [0.4, 0.5) is 0 Å². The van der Waals surface area contributed by atoms with Gasteiger partial charge >= 0.3 is 28.7 Å². The van der Waals surface area contributed by atoms with Crippen molar-refractivity contribution < 1.29 is 29.3 Å². The third kappa shape index (κ3) is 240. The van der Waals surface area contributed by atoms with Crippen LogP contribution in [-0.2, 0) is 24.2 Å². The number of carboxylic acids is 1. The van der Waals surface area contributed by atoms with Gasteiger partial charge in [-0.15, -0.1) is 0 Å². The first-order valence-electron chi connectivity index (χ1n) is 1.12. The Labute approximate surface area is 51.8 Å². The summed E-state index contributed by atoms with van der Waals surface area (Å²) in [4.78, 5) is 9.00. The summed E-state index contributed by atoms with van der Waals surface area (Å²) in [5, 5.41) is 7.42. The molecule has 35 valence electrons. The van der Waals surface area contributed by atoms with E-state index in [1.165, 1.54) is 19.4 Å². The topological polar surface area (TPSA) is 37.3 Å². The van der Waals surface area contributed by atoms with Crippen molar-refractivity contribution in [3.63, 3.8) is 0 Å². The van der Waals surface area contributed by atoms with Gasteiger partial charge in [-0.25, -0.2) is 0 Å². The molecular formula is C2H4ClO2Ti. The third-order valence-corrected chi connectivity index (χ3v) is 0. The number of hydrogen-bond acceptors (Lipinski definition) is 1. The molecule has 0 unspecified atom stereocenters. The summed E-state index contributed by atoms with van der Waals surface area (Å²) in [6.07, 6.45) is 0. The van der Waals surface area contributed by atoms with E-state index in [0.29, 0.717) is 0 Å². The fraction of sp³-hybridized carbons (Fsp3) is 0.500. The summed E-state index contributed by atoms with van der Waals surface area (Å²) >= 11 is 1.47. The molecule has 0 rings (SSSR count). The van der Waals surface area contributed by atoms with E-state index in [0.717, 1.165) is 6.92 Å². The van der Waals surface area contributed by atoms with Gasteiger partial charge in [0, 0.05) is 6.92 Å². The van der Waals surface area contributed by atoms with Crippen molar-refractivity contribution in [1.29, 1.82) is 0 Å². The Morgan fingerprint density at radius 2 is 1.83 bits per heavy atom. The second kappa shape index (κ2) is 9.08. The Bertz CT molecular complexity index is 34.5. The monoisotopic (exact) mass is 143 g/mol. The first-order chi connectivity index (χ1) is 2.73. The zero-order chi connectivity index (χ0) is 5.58. The number of hydrogen-bond donors (Lipinski definition) is 1. The minimum atomic E-state index is -0.833. The second-order valence-corrected chi connectivity index (χ2v) is 0.519. The van der Waals surface area contributed by atoms with Crippen molar-refractivity contribution in [3.8, 4) is 0 Å². The van der Waals surface area contributed by atoms with Gasteiger partial charge in [-0.1, -0.05) is 0 Å². The summed E-state index contributed by atoms with van der Waals surface area (Å²) in [5.41, 5.74) is 0. The SMILES string of the molecule is CC(=O)O.[Cl][Ti]. The molecule has 1 N–H and O–H groups in total. The Hall–Kier alpha value is 0.474.